The number of likely N-dealkylation sites (N-methyl/N-ethyl adjacent to an activating group) is 1. The van der Waals surface area contributed by atoms with E-state index in [2.05, 4.69) is 5.32 Å². The fourth-order valence-corrected chi connectivity index (χ4v) is 5.93. The fraction of sp³-hybridized carbons (Fsp3) is 0.440. The number of para-hydroxylation sites is 2. The maximum Gasteiger partial charge on any atom is 0.262 e. The number of sulfonamides is 1. The summed E-state index contributed by atoms with van der Waals surface area (Å²) in [5, 5.41) is 2.57. The first-order valence-corrected chi connectivity index (χ1v) is 13.2. The molecule has 2 aliphatic heterocycles. The lowest BCUT2D eigenvalue weighted by Crippen LogP contribution is -2.50. The van der Waals surface area contributed by atoms with Crippen molar-refractivity contribution in [3.8, 4) is 5.75 Å². The first kappa shape index (κ1) is 24.2. The number of hydrogen-bond donors (Lipinski definition) is 1. The molecule has 2 amide bonds. The highest BCUT2D eigenvalue weighted by atomic mass is 32.2. The number of nitrogens with one attached hydrogen (secondary N) is 1. The number of anilines is 1. The molecule has 0 bridgehead atoms. The molecular weight excluding hydrogens is 454 g/mol. The minimum atomic E-state index is -3.49. The lowest BCUT2D eigenvalue weighted by atomic mass is 10.1. The summed E-state index contributed by atoms with van der Waals surface area (Å²) in [6, 6.07) is 14.0. The average molecular weight is 486 g/mol. The highest BCUT2D eigenvalue weighted by Crippen LogP contribution is 2.33. The van der Waals surface area contributed by atoms with Crippen molar-refractivity contribution >= 4 is 27.5 Å². The Morgan fingerprint density at radius 3 is 2.35 bits per heavy atom. The van der Waals surface area contributed by atoms with Crippen LogP contribution in [0.4, 0.5) is 5.69 Å². The van der Waals surface area contributed by atoms with Crippen LogP contribution in [0.15, 0.2) is 53.4 Å². The van der Waals surface area contributed by atoms with Crippen molar-refractivity contribution in [1.29, 1.82) is 0 Å². The van der Waals surface area contributed by atoms with Gasteiger partial charge in [-0.1, -0.05) is 37.1 Å². The van der Waals surface area contributed by atoms with Crippen LogP contribution >= 0.6 is 0 Å². The van der Waals surface area contributed by atoms with Crippen molar-refractivity contribution in [3.05, 3.63) is 54.1 Å². The maximum absolute atomic E-state index is 13.1. The molecule has 0 aromatic heterocycles. The van der Waals surface area contributed by atoms with Gasteiger partial charge in [-0.25, -0.2) is 8.42 Å². The summed E-state index contributed by atoms with van der Waals surface area (Å²) in [6.45, 7) is 1.27. The summed E-state index contributed by atoms with van der Waals surface area (Å²) in [5.74, 6) is 0.0956. The Bertz CT molecular complexity index is 1130. The lowest BCUT2D eigenvalue weighted by Gasteiger charge is -2.34. The third-order valence-corrected chi connectivity index (χ3v) is 8.28. The Labute approximate surface area is 200 Å². The summed E-state index contributed by atoms with van der Waals surface area (Å²) in [4.78, 5) is 27.1. The number of hydrogen-bond acceptors (Lipinski definition) is 5. The van der Waals surface area contributed by atoms with E-state index in [9.17, 15) is 18.0 Å². The standard InChI is InChI=1S/C25H31N3O5S/c1-26-25(30)23-18-28(21-8-4-5-9-22(21)33-23)24(29)15-12-19-10-13-20(14-11-19)34(31,32)27-16-6-2-3-7-17-27/h4-5,8-11,13-14,23H,2-3,6-7,12,15-18H2,1H3,(H,26,30)/t23-/m1/s1. The number of benzene rings is 2. The van der Waals surface area contributed by atoms with Crippen LogP contribution in [-0.4, -0.2) is 57.3 Å². The number of amides is 2. The van der Waals surface area contributed by atoms with Gasteiger partial charge in [0.15, 0.2) is 6.10 Å². The zero-order chi connectivity index (χ0) is 24.1. The molecule has 1 N–H and O–H groups in total. The summed E-state index contributed by atoms with van der Waals surface area (Å²) in [7, 11) is -1.96. The van der Waals surface area contributed by atoms with E-state index in [1.165, 1.54) is 7.05 Å². The quantitative estimate of drug-likeness (QED) is 0.679. The maximum atomic E-state index is 13.1. The molecule has 1 fully saturated rings. The Hall–Kier alpha value is -2.91. The molecule has 2 heterocycles. The van der Waals surface area contributed by atoms with Crippen LogP contribution in [0.2, 0.25) is 0 Å². The molecule has 182 valence electrons. The van der Waals surface area contributed by atoms with Gasteiger partial charge in [0.05, 0.1) is 17.1 Å². The van der Waals surface area contributed by atoms with E-state index in [0.29, 0.717) is 35.8 Å². The molecule has 0 radical (unpaired) electrons. The number of aryl methyl sites for hydroxylation is 1. The number of rotatable bonds is 6. The minimum absolute atomic E-state index is 0.120. The van der Waals surface area contributed by atoms with Crippen LogP contribution in [-0.2, 0) is 26.0 Å². The Morgan fingerprint density at radius 2 is 1.68 bits per heavy atom. The van der Waals surface area contributed by atoms with Gasteiger partial charge in [0.25, 0.3) is 5.91 Å². The lowest BCUT2D eigenvalue weighted by molar-refractivity contribution is -0.127. The molecule has 34 heavy (non-hydrogen) atoms. The molecular formula is C25H31N3O5S. The Kier molecular flexibility index (Phi) is 7.53. The van der Waals surface area contributed by atoms with Gasteiger partial charge in [0.2, 0.25) is 15.9 Å². The van der Waals surface area contributed by atoms with Gasteiger partial charge >= 0.3 is 0 Å². The molecule has 1 saturated heterocycles. The molecule has 4 rings (SSSR count). The molecule has 9 heteroatoms. The normalized spacial score (nSPS) is 19.0. The van der Waals surface area contributed by atoms with Gasteiger partial charge < -0.3 is 15.0 Å². The molecule has 2 aromatic carbocycles. The van der Waals surface area contributed by atoms with E-state index in [1.807, 2.05) is 6.07 Å². The van der Waals surface area contributed by atoms with E-state index >= 15 is 0 Å². The van der Waals surface area contributed by atoms with Crippen LogP contribution in [0.5, 0.6) is 5.75 Å². The predicted octanol–water partition coefficient (Wildman–Crippen LogP) is 2.72. The first-order valence-electron chi connectivity index (χ1n) is 11.8. The largest absolute Gasteiger partial charge is 0.477 e. The molecule has 0 saturated carbocycles. The van der Waals surface area contributed by atoms with E-state index in [0.717, 1.165) is 31.2 Å². The van der Waals surface area contributed by atoms with Crippen LogP contribution < -0.4 is 15.0 Å². The molecule has 0 unspecified atom stereocenters. The number of carbonyl (C=O) groups excluding carboxylic acids is 2. The number of fused-ring (bicyclic) bond motifs is 1. The predicted molar refractivity (Wildman–Crippen MR) is 129 cm³/mol. The van der Waals surface area contributed by atoms with E-state index < -0.39 is 16.1 Å². The van der Waals surface area contributed by atoms with E-state index in [-0.39, 0.29) is 24.8 Å². The summed E-state index contributed by atoms with van der Waals surface area (Å²) < 4.78 is 33.3. The van der Waals surface area contributed by atoms with Gasteiger partial charge in [-0.15, -0.1) is 0 Å². The Morgan fingerprint density at radius 1 is 1.00 bits per heavy atom. The highest BCUT2D eigenvalue weighted by Gasteiger charge is 2.33. The third kappa shape index (κ3) is 5.26. The third-order valence-electron chi connectivity index (χ3n) is 6.37. The van der Waals surface area contributed by atoms with Gasteiger partial charge in [-0.05, 0) is 49.1 Å². The molecule has 2 aromatic rings. The second kappa shape index (κ2) is 10.6. The zero-order valence-corrected chi connectivity index (χ0v) is 20.2. The monoisotopic (exact) mass is 485 g/mol. The van der Waals surface area contributed by atoms with E-state index in [4.69, 9.17) is 4.74 Å². The second-order valence-electron chi connectivity index (χ2n) is 8.66. The van der Waals surface area contributed by atoms with Gasteiger partial charge in [0, 0.05) is 26.6 Å². The average Bonchev–Trinajstić information content (AvgIpc) is 3.16. The second-order valence-corrected chi connectivity index (χ2v) is 10.6. The minimum Gasteiger partial charge on any atom is -0.477 e. The SMILES string of the molecule is CNC(=O)[C@H]1CN(C(=O)CCc2ccc(S(=O)(=O)N3CCCCCC3)cc2)c2ccccc2O1. The van der Waals surface area contributed by atoms with Crippen LogP contribution in [0, 0.1) is 0 Å². The molecule has 0 spiro atoms. The van der Waals surface area contributed by atoms with Gasteiger partial charge in [0.1, 0.15) is 5.75 Å². The van der Waals surface area contributed by atoms with Crippen molar-refractivity contribution < 1.29 is 22.7 Å². The zero-order valence-electron chi connectivity index (χ0n) is 19.4. The van der Waals surface area contributed by atoms with Crippen LogP contribution in [0.3, 0.4) is 0 Å². The molecule has 8 nitrogen and oxygen atoms in total. The molecule has 0 aliphatic carbocycles. The first-order chi connectivity index (χ1) is 16.4. The number of carbonyl (C=O) groups is 2. The van der Waals surface area contributed by atoms with Crippen molar-refractivity contribution in [2.75, 3.05) is 31.6 Å². The highest BCUT2D eigenvalue weighted by molar-refractivity contribution is 7.89. The topological polar surface area (TPSA) is 96.0 Å². The van der Waals surface area contributed by atoms with Crippen molar-refractivity contribution in [1.82, 2.24) is 9.62 Å². The Balaban J connectivity index is 1.42. The molecule has 2 aliphatic rings. The van der Waals surface area contributed by atoms with Crippen molar-refractivity contribution in [2.24, 2.45) is 0 Å². The fourth-order valence-electron chi connectivity index (χ4n) is 4.41. The summed E-state index contributed by atoms with van der Waals surface area (Å²) >= 11 is 0. The van der Waals surface area contributed by atoms with Crippen molar-refractivity contribution in [2.45, 2.75) is 49.5 Å². The summed E-state index contributed by atoms with van der Waals surface area (Å²) in [5.41, 5.74) is 1.53. The molecule has 1 atom stereocenters. The summed E-state index contributed by atoms with van der Waals surface area (Å²) in [6.07, 6.45) is 3.84. The van der Waals surface area contributed by atoms with Crippen molar-refractivity contribution in [3.63, 3.8) is 0 Å². The van der Waals surface area contributed by atoms with Crippen LogP contribution in [0.1, 0.15) is 37.7 Å². The van der Waals surface area contributed by atoms with E-state index in [1.54, 1.807) is 51.7 Å². The van der Waals surface area contributed by atoms with Crippen LogP contribution in [0.25, 0.3) is 0 Å². The number of nitrogens with zero attached hydrogens (tertiary/aromatic N) is 2. The van der Waals surface area contributed by atoms with Gasteiger partial charge in [-0.2, -0.15) is 4.31 Å². The van der Waals surface area contributed by atoms with Gasteiger partial charge in [-0.3, -0.25) is 9.59 Å². The smallest absolute Gasteiger partial charge is 0.262 e. The number of ether oxygens (including phenoxy) is 1.